The predicted octanol–water partition coefficient (Wildman–Crippen LogP) is 1.75. The van der Waals surface area contributed by atoms with E-state index in [4.69, 9.17) is 0 Å². The first-order chi connectivity index (χ1) is 7.25. The van der Waals surface area contributed by atoms with E-state index in [1.807, 2.05) is 0 Å². The minimum atomic E-state index is 0.697. The van der Waals surface area contributed by atoms with Gasteiger partial charge in [0.15, 0.2) is 0 Å². The molecule has 0 saturated heterocycles. The van der Waals surface area contributed by atoms with Crippen LogP contribution in [0.15, 0.2) is 16.9 Å². The molecule has 0 aromatic carbocycles. The maximum atomic E-state index is 4.15. The molecule has 15 heavy (non-hydrogen) atoms. The Kier molecular flexibility index (Phi) is 3.53. The molecule has 0 spiro atoms. The first-order valence-corrected chi connectivity index (χ1v) is 5.96. The van der Waals surface area contributed by atoms with Gasteiger partial charge in [-0.2, -0.15) is 0 Å². The molecule has 0 radical (unpaired) electrons. The van der Waals surface area contributed by atoms with E-state index >= 15 is 0 Å². The van der Waals surface area contributed by atoms with E-state index in [9.17, 15) is 0 Å². The van der Waals surface area contributed by atoms with Gasteiger partial charge >= 0.3 is 0 Å². The monoisotopic (exact) mass is 270 g/mol. The summed E-state index contributed by atoms with van der Waals surface area (Å²) in [6.45, 7) is 1.94. The molecule has 1 N–H and O–H groups in total. The van der Waals surface area contributed by atoms with Crippen LogP contribution in [0.3, 0.4) is 0 Å². The van der Waals surface area contributed by atoms with E-state index in [1.165, 1.54) is 12.8 Å². The third-order valence-corrected chi connectivity index (χ3v) is 2.95. The summed E-state index contributed by atoms with van der Waals surface area (Å²) in [7, 11) is 2.17. The summed E-state index contributed by atoms with van der Waals surface area (Å²) in [6, 6.07) is 0.817. The van der Waals surface area contributed by atoms with E-state index < -0.39 is 0 Å². The van der Waals surface area contributed by atoms with Gasteiger partial charge in [0.1, 0.15) is 0 Å². The van der Waals surface area contributed by atoms with Crippen LogP contribution in [0.5, 0.6) is 0 Å². The third-order valence-electron chi connectivity index (χ3n) is 2.54. The second-order valence-corrected chi connectivity index (χ2v) is 4.78. The van der Waals surface area contributed by atoms with Crippen LogP contribution in [-0.4, -0.2) is 41.0 Å². The molecule has 0 unspecified atom stereocenters. The summed E-state index contributed by atoms with van der Waals surface area (Å²) in [5, 5.41) is 3.20. The fraction of sp³-hybridized carbons (Fsp3) is 0.600. The van der Waals surface area contributed by atoms with Crippen molar-refractivity contribution in [3.63, 3.8) is 0 Å². The van der Waals surface area contributed by atoms with E-state index in [-0.39, 0.29) is 0 Å². The molecule has 1 aliphatic carbocycles. The van der Waals surface area contributed by atoms with Gasteiger partial charge in [-0.3, -0.25) is 0 Å². The van der Waals surface area contributed by atoms with E-state index in [1.54, 1.807) is 12.4 Å². The standard InChI is InChI=1S/C10H15BrN4/c1-15(9-2-3-9)5-4-12-10-13-6-8(11)7-14-10/h6-7,9H,2-5H2,1H3,(H,12,13,14). The lowest BCUT2D eigenvalue weighted by atomic mass is 10.5. The van der Waals surface area contributed by atoms with Crippen LogP contribution in [0.4, 0.5) is 5.95 Å². The molecule has 0 aliphatic heterocycles. The molecule has 1 heterocycles. The van der Waals surface area contributed by atoms with Crippen LogP contribution in [-0.2, 0) is 0 Å². The van der Waals surface area contributed by atoms with Crippen LogP contribution in [0, 0.1) is 0 Å². The Hall–Kier alpha value is -0.680. The molecule has 82 valence electrons. The van der Waals surface area contributed by atoms with Crippen LogP contribution in [0.25, 0.3) is 0 Å². The Bertz CT molecular complexity index is 310. The van der Waals surface area contributed by atoms with Crippen LogP contribution >= 0.6 is 15.9 Å². The summed E-state index contributed by atoms with van der Waals surface area (Å²) in [6.07, 6.45) is 6.20. The highest BCUT2D eigenvalue weighted by molar-refractivity contribution is 9.10. The lowest BCUT2D eigenvalue weighted by Gasteiger charge is -2.15. The van der Waals surface area contributed by atoms with Crippen molar-refractivity contribution in [3.05, 3.63) is 16.9 Å². The molecule has 1 aliphatic rings. The summed E-state index contributed by atoms with van der Waals surface area (Å²) in [4.78, 5) is 10.7. The highest BCUT2D eigenvalue weighted by Gasteiger charge is 2.25. The topological polar surface area (TPSA) is 41.0 Å². The lowest BCUT2D eigenvalue weighted by Crippen LogP contribution is -2.27. The molecule has 1 aromatic heterocycles. The minimum absolute atomic E-state index is 0.697. The molecule has 0 atom stereocenters. The second-order valence-electron chi connectivity index (χ2n) is 3.86. The molecule has 0 amide bonds. The normalized spacial score (nSPS) is 15.7. The largest absolute Gasteiger partial charge is 0.353 e. The summed E-state index contributed by atoms with van der Waals surface area (Å²) in [5.74, 6) is 0.697. The Morgan fingerprint density at radius 1 is 1.47 bits per heavy atom. The maximum Gasteiger partial charge on any atom is 0.222 e. The zero-order chi connectivity index (χ0) is 10.7. The second kappa shape index (κ2) is 4.90. The van der Waals surface area contributed by atoms with E-state index in [2.05, 4.69) is 43.2 Å². The number of rotatable bonds is 5. The summed E-state index contributed by atoms with van der Waals surface area (Å²) >= 11 is 3.30. The van der Waals surface area contributed by atoms with Crippen molar-refractivity contribution in [1.82, 2.24) is 14.9 Å². The first kappa shape index (κ1) is 10.8. The SMILES string of the molecule is CN(CCNc1ncc(Br)cn1)C1CC1. The highest BCUT2D eigenvalue weighted by Crippen LogP contribution is 2.24. The quantitative estimate of drug-likeness (QED) is 0.885. The highest BCUT2D eigenvalue weighted by atomic mass is 79.9. The van der Waals surface area contributed by atoms with Gasteiger partial charge in [0.05, 0.1) is 4.47 Å². The number of hydrogen-bond donors (Lipinski definition) is 1. The van der Waals surface area contributed by atoms with E-state index in [0.29, 0.717) is 5.95 Å². The average molecular weight is 271 g/mol. The van der Waals surface area contributed by atoms with Gasteiger partial charge < -0.3 is 10.2 Å². The molecule has 0 bridgehead atoms. The van der Waals surface area contributed by atoms with Crippen molar-refractivity contribution in [2.45, 2.75) is 18.9 Å². The van der Waals surface area contributed by atoms with Gasteiger partial charge in [0.2, 0.25) is 5.95 Å². The van der Waals surface area contributed by atoms with Gasteiger partial charge in [0, 0.05) is 31.5 Å². The number of halogens is 1. The van der Waals surface area contributed by atoms with Crippen molar-refractivity contribution in [2.75, 3.05) is 25.5 Å². The first-order valence-electron chi connectivity index (χ1n) is 5.17. The third kappa shape index (κ3) is 3.43. The molecule has 2 rings (SSSR count). The number of likely N-dealkylation sites (N-methyl/N-ethyl adjacent to an activating group) is 1. The Balaban J connectivity index is 1.70. The average Bonchev–Trinajstić information content (AvgIpc) is 3.04. The summed E-state index contributed by atoms with van der Waals surface area (Å²) < 4.78 is 0.906. The fourth-order valence-electron chi connectivity index (χ4n) is 1.45. The number of anilines is 1. The zero-order valence-corrected chi connectivity index (χ0v) is 10.4. The van der Waals surface area contributed by atoms with Crippen molar-refractivity contribution in [3.8, 4) is 0 Å². The van der Waals surface area contributed by atoms with Gasteiger partial charge in [0.25, 0.3) is 0 Å². The van der Waals surface area contributed by atoms with Gasteiger partial charge in [-0.15, -0.1) is 0 Å². The van der Waals surface area contributed by atoms with Crippen LogP contribution in [0.1, 0.15) is 12.8 Å². The number of aromatic nitrogens is 2. The Morgan fingerprint density at radius 2 is 2.13 bits per heavy atom. The number of nitrogens with one attached hydrogen (secondary N) is 1. The summed E-state index contributed by atoms with van der Waals surface area (Å²) in [5.41, 5.74) is 0. The Morgan fingerprint density at radius 3 is 2.73 bits per heavy atom. The van der Waals surface area contributed by atoms with Crippen molar-refractivity contribution in [1.29, 1.82) is 0 Å². The number of hydrogen-bond acceptors (Lipinski definition) is 4. The molecule has 1 saturated carbocycles. The predicted molar refractivity (Wildman–Crippen MR) is 63.9 cm³/mol. The van der Waals surface area contributed by atoms with Crippen molar-refractivity contribution < 1.29 is 0 Å². The van der Waals surface area contributed by atoms with Gasteiger partial charge in [-0.25, -0.2) is 9.97 Å². The van der Waals surface area contributed by atoms with Crippen molar-refractivity contribution in [2.24, 2.45) is 0 Å². The molecular weight excluding hydrogens is 256 g/mol. The van der Waals surface area contributed by atoms with Gasteiger partial charge in [-0.1, -0.05) is 0 Å². The molecule has 4 nitrogen and oxygen atoms in total. The minimum Gasteiger partial charge on any atom is -0.353 e. The molecule has 1 fully saturated rings. The number of nitrogens with zero attached hydrogens (tertiary/aromatic N) is 3. The van der Waals surface area contributed by atoms with Crippen molar-refractivity contribution >= 4 is 21.9 Å². The Labute approximate surface area is 98.2 Å². The maximum absolute atomic E-state index is 4.15. The zero-order valence-electron chi connectivity index (χ0n) is 8.78. The van der Waals surface area contributed by atoms with Crippen LogP contribution in [0.2, 0.25) is 0 Å². The fourth-order valence-corrected chi connectivity index (χ4v) is 1.65. The van der Waals surface area contributed by atoms with E-state index in [0.717, 1.165) is 23.6 Å². The van der Waals surface area contributed by atoms with Crippen LogP contribution < -0.4 is 5.32 Å². The lowest BCUT2D eigenvalue weighted by molar-refractivity contribution is 0.337. The molecule has 1 aromatic rings. The van der Waals surface area contributed by atoms with Gasteiger partial charge in [-0.05, 0) is 35.8 Å². The smallest absolute Gasteiger partial charge is 0.222 e. The molecule has 5 heteroatoms. The molecular formula is C10H15BrN4.